The van der Waals surface area contributed by atoms with E-state index in [1.807, 2.05) is 20.8 Å². The van der Waals surface area contributed by atoms with Gasteiger partial charge in [0.2, 0.25) is 11.8 Å². The molecule has 0 unspecified atom stereocenters. The fourth-order valence-corrected chi connectivity index (χ4v) is 2.72. The topological polar surface area (TPSA) is 49.4 Å². The van der Waals surface area contributed by atoms with E-state index < -0.39 is 29.3 Å². The number of para-hydroxylation sites is 1. The molecule has 0 saturated carbocycles. The van der Waals surface area contributed by atoms with Gasteiger partial charge in [-0.2, -0.15) is 0 Å². The van der Waals surface area contributed by atoms with Crippen molar-refractivity contribution in [2.75, 3.05) is 11.9 Å². The van der Waals surface area contributed by atoms with Gasteiger partial charge in [0.15, 0.2) is 0 Å². The van der Waals surface area contributed by atoms with Crippen molar-refractivity contribution < 1.29 is 18.4 Å². The number of amides is 2. The summed E-state index contributed by atoms with van der Waals surface area (Å²) < 4.78 is 27.3. The summed E-state index contributed by atoms with van der Waals surface area (Å²) in [6.07, 6.45) is 1.52. The average molecular weight is 324 g/mol. The molecule has 6 heteroatoms. The third-order valence-corrected chi connectivity index (χ3v) is 3.77. The molecular formula is C17H22F2N2O2. The minimum Gasteiger partial charge on any atom is -0.331 e. The minimum absolute atomic E-state index is 0.107. The normalized spacial score (nSPS) is 18.1. The molecule has 1 atom stereocenters. The van der Waals surface area contributed by atoms with Crippen molar-refractivity contribution in [3.05, 3.63) is 29.8 Å². The van der Waals surface area contributed by atoms with Gasteiger partial charge in [-0.05, 0) is 30.4 Å². The molecule has 0 aliphatic carbocycles. The zero-order valence-electron chi connectivity index (χ0n) is 13.7. The zero-order chi connectivity index (χ0) is 17.2. The average Bonchev–Trinajstić information content (AvgIpc) is 2.90. The second kappa shape index (κ2) is 6.64. The Morgan fingerprint density at radius 3 is 2.43 bits per heavy atom. The van der Waals surface area contributed by atoms with Crippen molar-refractivity contribution in [1.29, 1.82) is 0 Å². The number of carbonyl (C=O) groups excluding carboxylic acids is 2. The Hall–Kier alpha value is -1.98. The molecule has 23 heavy (non-hydrogen) atoms. The number of carbonyl (C=O) groups is 2. The molecule has 0 spiro atoms. The molecule has 1 heterocycles. The van der Waals surface area contributed by atoms with Crippen molar-refractivity contribution in [2.24, 2.45) is 5.41 Å². The summed E-state index contributed by atoms with van der Waals surface area (Å²) in [5, 5.41) is 2.29. The molecule has 1 aromatic carbocycles. The summed E-state index contributed by atoms with van der Waals surface area (Å²) in [7, 11) is 0. The maximum Gasteiger partial charge on any atom is 0.247 e. The van der Waals surface area contributed by atoms with Crippen LogP contribution in [0.4, 0.5) is 14.5 Å². The predicted octanol–water partition coefficient (Wildman–Crippen LogP) is 3.33. The fraction of sp³-hybridized carbons (Fsp3) is 0.529. The second-order valence-corrected chi connectivity index (χ2v) is 7.07. The third kappa shape index (κ3) is 4.27. The summed E-state index contributed by atoms with van der Waals surface area (Å²) in [6, 6.07) is 2.71. The summed E-state index contributed by atoms with van der Waals surface area (Å²) >= 11 is 0. The van der Waals surface area contributed by atoms with E-state index >= 15 is 0 Å². The molecule has 2 amide bonds. The number of anilines is 1. The number of likely N-dealkylation sites (tertiary alicyclic amines) is 1. The highest BCUT2D eigenvalue weighted by Crippen LogP contribution is 2.26. The van der Waals surface area contributed by atoms with Gasteiger partial charge in [0, 0.05) is 13.0 Å². The minimum atomic E-state index is -0.830. The van der Waals surface area contributed by atoms with Crippen LogP contribution in [-0.2, 0) is 9.59 Å². The predicted molar refractivity (Wildman–Crippen MR) is 83.8 cm³/mol. The molecule has 0 radical (unpaired) electrons. The summed E-state index contributed by atoms with van der Waals surface area (Å²) in [5.74, 6) is -2.31. The molecule has 126 valence electrons. The Balaban J connectivity index is 2.10. The number of hydrogen-bond acceptors (Lipinski definition) is 2. The molecule has 0 bridgehead atoms. The van der Waals surface area contributed by atoms with Gasteiger partial charge in [-0.1, -0.05) is 26.8 Å². The third-order valence-electron chi connectivity index (χ3n) is 3.77. The fourth-order valence-electron chi connectivity index (χ4n) is 2.72. The zero-order valence-corrected chi connectivity index (χ0v) is 13.7. The number of nitrogens with one attached hydrogen (secondary N) is 1. The van der Waals surface area contributed by atoms with Crippen LogP contribution in [-0.4, -0.2) is 29.3 Å². The quantitative estimate of drug-likeness (QED) is 0.927. The first-order valence-electron chi connectivity index (χ1n) is 7.73. The van der Waals surface area contributed by atoms with Crippen LogP contribution in [0, 0.1) is 17.0 Å². The van der Waals surface area contributed by atoms with Crippen molar-refractivity contribution in [2.45, 2.75) is 46.1 Å². The summed E-state index contributed by atoms with van der Waals surface area (Å²) in [6.45, 7) is 6.34. The van der Waals surface area contributed by atoms with E-state index in [4.69, 9.17) is 0 Å². The van der Waals surface area contributed by atoms with Crippen LogP contribution in [0.3, 0.4) is 0 Å². The van der Waals surface area contributed by atoms with Gasteiger partial charge in [-0.25, -0.2) is 8.78 Å². The first-order chi connectivity index (χ1) is 10.7. The second-order valence-electron chi connectivity index (χ2n) is 7.07. The Kier molecular flexibility index (Phi) is 5.02. The molecule has 4 nitrogen and oxygen atoms in total. The van der Waals surface area contributed by atoms with Crippen LogP contribution in [0.2, 0.25) is 0 Å². The van der Waals surface area contributed by atoms with Crippen LogP contribution >= 0.6 is 0 Å². The lowest BCUT2D eigenvalue weighted by atomic mass is 9.91. The molecule has 1 aliphatic rings. The highest BCUT2D eigenvalue weighted by molar-refractivity contribution is 5.97. The number of rotatable bonds is 3. The van der Waals surface area contributed by atoms with E-state index in [9.17, 15) is 18.4 Å². The van der Waals surface area contributed by atoms with Crippen molar-refractivity contribution >= 4 is 17.5 Å². The van der Waals surface area contributed by atoms with Crippen LogP contribution in [0.25, 0.3) is 0 Å². The first kappa shape index (κ1) is 17.4. The highest BCUT2D eigenvalue weighted by Gasteiger charge is 2.35. The lowest BCUT2D eigenvalue weighted by Gasteiger charge is -2.27. The van der Waals surface area contributed by atoms with E-state index in [0.29, 0.717) is 25.8 Å². The number of nitrogens with zero attached hydrogens (tertiary/aromatic N) is 1. The van der Waals surface area contributed by atoms with E-state index in [1.165, 1.54) is 11.0 Å². The molecule has 1 N–H and O–H groups in total. The van der Waals surface area contributed by atoms with Gasteiger partial charge in [-0.15, -0.1) is 0 Å². The lowest BCUT2D eigenvalue weighted by molar-refractivity contribution is -0.138. The van der Waals surface area contributed by atoms with E-state index in [-0.39, 0.29) is 11.3 Å². The monoisotopic (exact) mass is 324 g/mol. The molecule has 0 aromatic heterocycles. The summed E-state index contributed by atoms with van der Waals surface area (Å²) in [5.41, 5.74) is -0.647. The van der Waals surface area contributed by atoms with Crippen LogP contribution in [0.1, 0.15) is 40.0 Å². The smallest absolute Gasteiger partial charge is 0.247 e. The molecular weight excluding hydrogens is 302 g/mol. The highest BCUT2D eigenvalue weighted by atomic mass is 19.1. The van der Waals surface area contributed by atoms with Gasteiger partial charge < -0.3 is 10.2 Å². The summed E-state index contributed by atoms with van der Waals surface area (Å²) in [4.78, 5) is 26.2. The van der Waals surface area contributed by atoms with E-state index in [0.717, 1.165) is 12.1 Å². The first-order valence-corrected chi connectivity index (χ1v) is 7.73. The number of benzene rings is 1. The van der Waals surface area contributed by atoms with Gasteiger partial charge >= 0.3 is 0 Å². The standard InChI is InChI=1S/C17H22F2N2O2/c1-17(2,3)10-14(22)21-9-5-8-13(21)16(23)20-15-11(18)6-4-7-12(15)19/h4,6-7,13H,5,8-10H2,1-3H3,(H,20,23)/t13-/m0/s1. The van der Waals surface area contributed by atoms with Crippen LogP contribution in [0.15, 0.2) is 18.2 Å². The number of hydrogen-bond donors (Lipinski definition) is 1. The van der Waals surface area contributed by atoms with E-state index in [1.54, 1.807) is 0 Å². The molecule has 1 saturated heterocycles. The van der Waals surface area contributed by atoms with Gasteiger partial charge in [-0.3, -0.25) is 9.59 Å². The Labute approximate surface area is 134 Å². The Morgan fingerprint density at radius 1 is 1.26 bits per heavy atom. The molecule has 2 rings (SSSR count). The molecule has 1 aliphatic heterocycles. The molecule has 1 aromatic rings. The largest absolute Gasteiger partial charge is 0.331 e. The van der Waals surface area contributed by atoms with Gasteiger partial charge in [0.05, 0.1) is 0 Å². The Bertz CT molecular complexity index is 591. The number of halogens is 2. The van der Waals surface area contributed by atoms with Crippen molar-refractivity contribution in [3.63, 3.8) is 0 Å². The maximum absolute atomic E-state index is 13.6. The van der Waals surface area contributed by atoms with Gasteiger partial charge in [0.1, 0.15) is 23.4 Å². The van der Waals surface area contributed by atoms with Gasteiger partial charge in [0.25, 0.3) is 0 Å². The lowest BCUT2D eigenvalue weighted by Crippen LogP contribution is -2.44. The van der Waals surface area contributed by atoms with Crippen LogP contribution in [0.5, 0.6) is 0 Å². The Morgan fingerprint density at radius 2 is 1.87 bits per heavy atom. The van der Waals surface area contributed by atoms with Crippen LogP contribution < -0.4 is 5.32 Å². The van der Waals surface area contributed by atoms with E-state index in [2.05, 4.69) is 5.32 Å². The SMILES string of the molecule is CC(C)(C)CC(=O)N1CCC[C@H]1C(=O)Nc1c(F)cccc1F. The maximum atomic E-state index is 13.6. The molecule has 1 fully saturated rings. The van der Waals surface area contributed by atoms with Crippen molar-refractivity contribution in [3.8, 4) is 0 Å². The van der Waals surface area contributed by atoms with Crippen molar-refractivity contribution in [1.82, 2.24) is 4.90 Å².